The van der Waals surface area contributed by atoms with Crippen LogP contribution >= 0.6 is 0 Å². The van der Waals surface area contributed by atoms with Crippen LogP contribution in [0.1, 0.15) is 42.1 Å². The second-order valence-corrected chi connectivity index (χ2v) is 6.10. The van der Waals surface area contributed by atoms with Gasteiger partial charge in [-0.15, -0.1) is 0 Å². The quantitative estimate of drug-likeness (QED) is 0.916. The van der Waals surface area contributed by atoms with Gasteiger partial charge in [-0.2, -0.15) is 0 Å². The lowest BCUT2D eigenvalue weighted by molar-refractivity contribution is 0.0988. The average molecular weight is 311 g/mol. The molecular weight excluding hydrogens is 290 g/mol. The van der Waals surface area contributed by atoms with E-state index in [1.54, 1.807) is 30.7 Å². The summed E-state index contributed by atoms with van der Waals surface area (Å²) in [5, 5.41) is 2.79. The fraction of sp³-hybridized carbons (Fsp3) is 0.389. The number of ether oxygens (including phenoxy) is 1. The highest BCUT2D eigenvalue weighted by Crippen LogP contribution is 2.32. The van der Waals surface area contributed by atoms with Crippen LogP contribution in [0.15, 0.2) is 36.8 Å². The number of nitrogens with one attached hydrogen (secondary N) is 1. The number of anilines is 1. The molecule has 2 aromatic rings. The van der Waals surface area contributed by atoms with Crippen molar-refractivity contribution >= 4 is 11.7 Å². The topological polar surface area (TPSA) is 64.1 Å². The Labute approximate surface area is 136 Å². The molecule has 0 saturated heterocycles. The highest BCUT2D eigenvalue weighted by atomic mass is 16.5. The van der Waals surface area contributed by atoms with E-state index < -0.39 is 0 Å². The number of pyridine rings is 2. The van der Waals surface area contributed by atoms with E-state index in [9.17, 15) is 4.79 Å². The Morgan fingerprint density at radius 1 is 1.35 bits per heavy atom. The second kappa shape index (κ2) is 6.77. The van der Waals surface area contributed by atoms with Crippen LogP contribution in [0.4, 0.5) is 5.82 Å². The van der Waals surface area contributed by atoms with Gasteiger partial charge < -0.3 is 10.1 Å². The Bertz CT molecular complexity index is 698. The number of rotatable bonds is 5. The lowest BCUT2D eigenvalue weighted by Gasteiger charge is -2.31. The van der Waals surface area contributed by atoms with Crippen LogP contribution in [0, 0.1) is 12.8 Å². The van der Waals surface area contributed by atoms with Gasteiger partial charge in [-0.3, -0.25) is 9.78 Å². The molecule has 0 radical (unpaired) electrons. The fourth-order valence-corrected chi connectivity index (χ4v) is 2.64. The molecule has 1 aliphatic rings. The SMILES string of the molecule is Cc1cncc(C(=O)Nc2cc(OC(C)C3CCC3)ccn2)c1. The van der Waals surface area contributed by atoms with Crippen molar-refractivity contribution in [1.82, 2.24) is 9.97 Å². The van der Waals surface area contributed by atoms with E-state index in [-0.39, 0.29) is 12.0 Å². The van der Waals surface area contributed by atoms with Gasteiger partial charge in [0.2, 0.25) is 0 Å². The van der Waals surface area contributed by atoms with Crippen molar-refractivity contribution < 1.29 is 9.53 Å². The summed E-state index contributed by atoms with van der Waals surface area (Å²) < 4.78 is 5.96. The summed E-state index contributed by atoms with van der Waals surface area (Å²) in [6.45, 7) is 4.00. The molecule has 1 saturated carbocycles. The predicted molar refractivity (Wildman–Crippen MR) is 88.6 cm³/mol. The van der Waals surface area contributed by atoms with E-state index in [4.69, 9.17) is 4.74 Å². The third kappa shape index (κ3) is 3.86. The molecule has 1 unspecified atom stereocenters. The molecule has 120 valence electrons. The van der Waals surface area contributed by atoms with Crippen LogP contribution in [0.2, 0.25) is 0 Å². The zero-order valence-electron chi connectivity index (χ0n) is 13.5. The fourth-order valence-electron chi connectivity index (χ4n) is 2.64. The van der Waals surface area contributed by atoms with Crippen molar-refractivity contribution in [2.75, 3.05) is 5.32 Å². The molecular formula is C18H21N3O2. The summed E-state index contributed by atoms with van der Waals surface area (Å²) in [5.41, 5.74) is 1.46. The molecule has 2 aromatic heterocycles. The first kappa shape index (κ1) is 15.5. The van der Waals surface area contributed by atoms with E-state index in [1.165, 1.54) is 19.3 Å². The molecule has 1 aliphatic carbocycles. The van der Waals surface area contributed by atoms with Crippen LogP contribution in [0.5, 0.6) is 5.75 Å². The van der Waals surface area contributed by atoms with Gasteiger partial charge in [0.1, 0.15) is 11.6 Å². The number of aryl methyl sites for hydroxylation is 1. The summed E-state index contributed by atoms with van der Waals surface area (Å²) in [6.07, 6.45) is 8.85. The van der Waals surface area contributed by atoms with Gasteiger partial charge >= 0.3 is 0 Å². The maximum Gasteiger partial charge on any atom is 0.258 e. The van der Waals surface area contributed by atoms with E-state index >= 15 is 0 Å². The first-order chi connectivity index (χ1) is 11.1. The number of nitrogens with zero attached hydrogens (tertiary/aromatic N) is 2. The van der Waals surface area contributed by atoms with E-state index in [0.29, 0.717) is 17.3 Å². The van der Waals surface area contributed by atoms with Gasteiger partial charge in [0, 0.05) is 24.7 Å². The zero-order valence-corrected chi connectivity index (χ0v) is 13.5. The zero-order chi connectivity index (χ0) is 16.2. The molecule has 23 heavy (non-hydrogen) atoms. The number of amides is 1. The number of carbonyl (C=O) groups is 1. The molecule has 5 nitrogen and oxygen atoms in total. The minimum atomic E-state index is -0.224. The summed E-state index contributed by atoms with van der Waals surface area (Å²) in [7, 11) is 0. The van der Waals surface area contributed by atoms with Crippen LogP contribution < -0.4 is 10.1 Å². The standard InChI is InChI=1S/C18H21N3O2/c1-12-8-15(11-19-10-12)18(22)21-17-9-16(6-7-20-17)23-13(2)14-4-3-5-14/h6-11,13-14H,3-5H2,1-2H3,(H,20,21,22). The van der Waals surface area contributed by atoms with Gasteiger partial charge in [-0.05, 0) is 50.3 Å². The third-order valence-electron chi connectivity index (χ3n) is 4.25. The molecule has 1 amide bonds. The summed E-state index contributed by atoms with van der Waals surface area (Å²) >= 11 is 0. The van der Waals surface area contributed by atoms with Crippen LogP contribution in [-0.2, 0) is 0 Å². The number of hydrogen-bond acceptors (Lipinski definition) is 4. The van der Waals surface area contributed by atoms with E-state index in [2.05, 4.69) is 22.2 Å². The number of hydrogen-bond donors (Lipinski definition) is 1. The van der Waals surface area contributed by atoms with Crippen LogP contribution in [0.3, 0.4) is 0 Å². The molecule has 5 heteroatoms. The minimum absolute atomic E-state index is 0.190. The Hall–Kier alpha value is -2.43. The molecule has 1 atom stereocenters. The number of carbonyl (C=O) groups excluding carboxylic acids is 1. The summed E-state index contributed by atoms with van der Waals surface area (Å²) in [5.74, 6) is 1.63. The first-order valence-electron chi connectivity index (χ1n) is 7.97. The molecule has 3 rings (SSSR count). The van der Waals surface area contributed by atoms with Crippen LogP contribution in [-0.4, -0.2) is 22.0 Å². The van der Waals surface area contributed by atoms with Gasteiger partial charge in [0.25, 0.3) is 5.91 Å². The molecule has 1 N–H and O–H groups in total. The van der Waals surface area contributed by atoms with Gasteiger partial charge in [0.05, 0.1) is 11.7 Å². The predicted octanol–water partition coefficient (Wildman–Crippen LogP) is 3.60. The third-order valence-corrected chi connectivity index (χ3v) is 4.25. The van der Waals surface area contributed by atoms with Crippen LogP contribution in [0.25, 0.3) is 0 Å². The van der Waals surface area contributed by atoms with Gasteiger partial charge in [-0.25, -0.2) is 4.98 Å². The van der Waals surface area contributed by atoms with Crippen molar-refractivity contribution in [2.24, 2.45) is 5.92 Å². The Balaban J connectivity index is 1.66. The molecule has 0 aliphatic heterocycles. The second-order valence-electron chi connectivity index (χ2n) is 6.10. The highest BCUT2D eigenvalue weighted by Gasteiger charge is 2.25. The molecule has 1 fully saturated rings. The summed E-state index contributed by atoms with van der Waals surface area (Å²) in [4.78, 5) is 20.4. The minimum Gasteiger partial charge on any atom is -0.490 e. The van der Waals surface area contributed by atoms with E-state index in [0.717, 1.165) is 11.3 Å². The lowest BCUT2D eigenvalue weighted by atomic mass is 9.82. The van der Waals surface area contributed by atoms with E-state index in [1.807, 2.05) is 13.0 Å². The maximum atomic E-state index is 12.2. The van der Waals surface area contributed by atoms with Crippen molar-refractivity contribution in [2.45, 2.75) is 39.2 Å². The largest absolute Gasteiger partial charge is 0.490 e. The van der Waals surface area contributed by atoms with Gasteiger partial charge in [0.15, 0.2) is 0 Å². The molecule has 2 heterocycles. The highest BCUT2D eigenvalue weighted by molar-refractivity contribution is 6.03. The smallest absolute Gasteiger partial charge is 0.258 e. The summed E-state index contributed by atoms with van der Waals surface area (Å²) in [6, 6.07) is 5.37. The first-order valence-corrected chi connectivity index (χ1v) is 7.97. The normalized spacial score (nSPS) is 15.6. The van der Waals surface area contributed by atoms with Crippen molar-refractivity contribution in [3.8, 4) is 5.75 Å². The molecule has 0 bridgehead atoms. The van der Waals surface area contributed by atoms with Crippen molar-refractivity contribution in [3.05, 3.63) is 47.9 Å². The van der Waals surface area contributed by atoms with Gasteiger partial charge in [-0.1, -0.05) is 6.42 Å². The Kier molecular flexibility index (Phi) is 4.55. The Morgan fingerprint density at radius 3 is 2.87 bits per heavy atom. The monoisotopic (exact) mass is 311 g/mol. The lowest BCUT2D eigenvalue weighted by Crippen LogP contribution is -2.29. The maximum absolute atomic E-state index is 12.2. The Morgan fingerprint density at radius 2 is 2.17 bits per heavy atom. The van der Waals surface area contributed by atoms with Crippen molar-refractivity contribution in [1.29, 1.82) is 0 Å². The molecule has 0 aromatic carbocycles. The van der Waals surface area contributed by atoms with Crippen molar-refractivity contribution in [3.63, 3.8) is 0 Å². The number of aromatic nitrogens is 2. The average Bonchev–Trinajstić information content (AvgIpc) is 2.45. The molecule has 0 spiro atoms.